The number of rotatable bonds is 7. The molecule has 7 nitrogen and oxygen atoms in total. The highest BCUT2D eigenvalue weighted by atomic mass is 16.5. The van der Waals surface area contributed by atoms with Crippen LogP contribution in [0.5, 0.6) is 0 Å². The monoisotopic (exact) mass is 427 g/mol. The number of carbonyl (C=O) groups excluding carboxylic acids is 2. The van der Waals surface area contributed by atoms with Gasteiger partial charge in [-0.15, -0.1) is 0 Å². The number of amides is 1. The van der Waals surface area contributed by atoms with Crippen molar-refractivity contribution < 1.29 is 14.3 Å². The summed E-state index contributed by atoms with van der Waals surface area (Å²) in [5.74, 6) is -0.751. The molecule has 0 saturated heterocycles. The summed E-state index contributed by atoms with van der Waals surface area (Å²) in [6.45, 7) is 0.367. The van der Waals surface area contributed by atoms with Gasteiger partial charge in [-0.25, -0.2) is 9.78 Å². The van der Waals surface area contributed by atoms with Crippen molar-refractivity contribution in [2.75, 3.05) is 5.32 Å². The van der Waals surface area contributed by atoms with E-state index in [0.717, 1.165) is 5.56 Å². The molecule has 0 saturated carbocycles. The van der Waals surface area contributed by atoms with E-state index >= 15 is 0 Å². The third-order valence-corrected chi connectivity index (χ3v) is 4.91. The first kappa shape index (κ1) is 21.0. The molecule has 0 atom stereocenters. The maximum Gasteiger partial charge on any atom is 0.338 e. The molecular formula is C25H21N3O4. The quantitative estimate of drug-likeness (QED) is 0.453. The molecule has 1 aromatic heterocycles. The number of hydrogen-bond acceptors (Lipinski definition) is 5. The van der Waals surface area contributed by atoms with Crippen molar-refractivity contribution >= 4 is 28.5 Å². The number of esters is 1. The minimum atomic E-state index is -0.473. The molecule has 7 heteroatoms. The first-order valence-corrected chi connectivity index (χ1v) is 10.2. The van der Waals surface area contributed by atoms with Gasteiger partial charge in [-0.3, -0.25) is 14.2 Å². The zero-order chi connectivity index (χ0) is 22.3. The third-order valence-electron chi connectivity index (χ3n) is 4.91. The maximum absolute atomic E-state index is 12.5. The van der Waals surface area contributed by atoms with E-state index in [1.807, 2.05) is 36.4 Å². The number of ether oxygens (including phenoxy) is 1. The Bertz CT molecular complexity index is 1320. The molecule has 0 aliphatic heterocycles. The molecule has 0 unspecified atom stereocenters. The summed E-state index contributed by atoms with van der Waals surface area (Å²) < 4.78 is 6.75. The lowest BCUT2D eigenvalue weighted by molar-refractivity contribution is -0.116. The van der Waals surface area contributed by atoms with Crippen molar-refractivity contribution in [3.63, 3.8) is 0 Å². The van der Waals surface area contributed by atoms with Crippen LogP contribution in [0.3, 0.4) is 0 Å². The number of aryl methyl sites for hydroxylation is 1. The maximum atomic E-state index is 12.5. The van der Waals surface area contributed by atoms with Crippen LogP contribution in [-0.4, -0.2) is 21.4 Å². The molecule has 0 radical (unpaired) electrons. The van der Waals surface area contributed by atoms with Crippen LogP contribution in [-0.2, 0) is 22.7 Å². The number of carbonyl (C=O) groups is 2. The van der Waals surface area contributed by atoms with Crippen LogP contribution in [0.2, 0.25) is 0 Å². The summed E-state index contributed by atoms with van der Waals surface area (Å²) in [4.78, 5) is 41.5. The van der Waals surface area contributed by atoms with Gasteiger partial charge in [-0.05, 0) is 35.9 Å². The summed E-state index contributed by atoms with van der Waals surface area (Å²) in [6.07, 6.45) is 1.53. The van der Waals surface area contributed by atoms with E-state index in [-0.39, 0.29) is 31.0 Å². The Hall–Kier alpha value is -4.26. The van der Waals surface area contributed by atoms with Crippen molar-refractivity contribution in [1.82, 2.24) is 9.55 Å². The molecular weight excluding hydrogens is 406 g/mol. The minimum absolute atomic E-state index is 0.0859. The molecule has 1 heterocycles. The predicted octanol–water partition coefficient (Wildman–Crippen LogP) is 3.78. The third kappa shape index (κ3) is 5.07. The van der Waals surface area contributed by atoms with Crippen LogP contribution in [0.1, 0.15) is 22.3 Å². The molecule has 0 fully saturated rings. The Balaban J connectivity index is 1.35. The average molecular weight is 427 g/mol. The van der Waals surface area contributed by atoms with E-state index in [1.165, 1.54) is 10.9 Å². The number of benzene rings is 3. The molecule has 0 aliphatic carbocycles. The summed E-state index contributed by atoms with van der Waals surface area (Å²) >= 11 is 0. The van der Waals surface area contributed by atoms with E-state index in [4.69, 9.17) is 4.74 Å². The lowest BCUT2D eigenvalue weighted by Gasteiger charge is -2.09. The van der Waals surface area contributed by atoms with Crippen LogP contribution in [0, 0.1) is 0 Å². The Morgan fingerprint density at radius 1 is 0.938 bits per heavy atom. The number of hydrogen-bond donors (Lipinski definition) is 1. The molecule has 0 aliphatic rings. The highest BCUT2D eigenvalue weighted by molar-refractivity contribution is 5.94. The Morgan fingerprint density at radius 2 is 1.72 bits per heavy atom. The standard InChI is InChI=1S/C25H21N3O4/c29-23(13-14-28-17-26-22-12-5-4-11-21(22)24(28)30)27-20-10-6-9-19(15-20)25(31)32-16-18-7-2-1-3-8-18/h1-12,15,17H,13-14,16H2,(H,27,29). The number of anilines is 1. The van der Waals surface area contributed by atoms with Crippen molar-refractivity contribution in [3.8, 4) is 0 Å². The van der Waals surface area contributed by atoms with Crippen LogP contribution in [0.4, 0.5) is 5.69 Å². The molecule has 3 aromatic carbocycles. The fourth-order valence-corrected chi connectivity index (χ4v) is 3.24. The number of nitrogens with zero attached hydrogens (tertiary/aromatic N) is 2. The van der Waals surface area contributed by atoms with E-state index < -0.39 is 5.97 Å². The minimum Gasteiger partial charge on any atom is -0.457 e. The number of para-hydroxylation sites is 1. The van der Waals surface area contributed by atoms with Crippen LogP contribution in [0.25, 0.3) is 10.9 Å². The molecule has 32 heavy (non-hydrogen) atoms. The normalized spacial score (nSPS) is 10.6. The molecule has 4 rings (SSSR count). The Labute approximate surface area is 184 Å². The lowest BCUT2D eigenvalue weighted by Crippen LogP contribution is -2.23. The van der Waals surface area contributed by atoms with Gasteiger partial charge in [-0.1, -0.05) is 48.5 Å². The first-order chi connectivity index (χ1) is 15.6. The van der Waals surface area contributed by atoms with Crippen molar-refractivity contribution in [3.05, 3.63) is 107 Å². The van der Waals surface area contributed by atoms with Gasteiger partial charge in [0.15, 0.2) is 0 Å². The van der Waals surface area contributed by atoms with Gasteiger partial charge in [-0.2, -0.15) is 0 Å². The first-order valence-electron chi connectivity index (χ1n) is 10.2. The second-order valence-electron chi connectivity index (χ2n) is 7.20. The summed E-state index contributed by atoms with van der Waals surface area (Å²) in [5.41, 5.74) is 2.14. The zero-order valence-corrected chi connectivity index (χ0v) is 17.2. The van der Waals surface area contributed by atoms with E-state index in [0.29, 0.717) is 22.2 Å². The summed E-state index contributed by atoms with van der Waals surface area (Å²) in [7, 11) is 0. The lowest BCUT2D eigenvalue weighted by atomic mass is 10.2. The summed E-state index contributed by atoms with van der Waals surface area (Å²) in [6, 6.07) is 23.0. The molecule has 1 amide bonds. The number of nitrogens with one attached hydrogen (secondary N) is 1. The van der Waals surface area contributed by atoms with Gasteiger partial charge in [0, 0.05) is 18.7 Å². The highest BCUT2D eigenvalue weighted by Crippen LogP contribution is 2.13. The number of fused-ring (bicyclic) bond motifs is 1. The van der Waals surface area contributed by atoms with Gasteiger partial charge < -0.3 is 10.1 Å². The average Bonchev–Trinajstić information content (AvgIpc) is 2.83. The van der Waals surface area contributed by atoms with Crippen LogP contribution in [0.15, 0.2) is 90.0 Å². The van der Waals surface area contributed by atoms with Crippen molar-refractivity contribution in [1.29, 1.82) is 0 Å². The van der Waals surface area contributed by atoms with E-state index in [1.54, 1.807) is 42.5 Å². The second kappa shape index (κ2) is 9.70. The van der Waals surface area contributed by atoms with Gasteiger partial charge in [0.05, 0.1) is 22.8 Å². The largest absolute Gasteiger partial charge is 0.457 e. The molecule has 1 N–H and O–H groups in total. The van der Waals surface area contributed by atoms with Crippen LogP contribution >= 0.6 is 0 Å². The number of aromatic nitrogens is 2. The molecule has 0 bridgehead atoms. The summed E-state index contributed by atoms with van der Waals surface area (Å²) in [5, 5.41) is 3.27. The van der Waals surface area contributed by atoms with E-state index in [2.05, 4.69) is 10.3 Å². The Kier molecular flexibility index (Phi) is 6.36. The fourth-order valence-electron chi connectivity index (χ4n) is 3.24. The van der Waals surface area contributed by atoms with Crippen LogP contribution < -0.4 is 10.9 Å². The fraction of sp³-hybridized carbons (Fsp3) is 0.120. The topological polar surface area (TPSA) is 90.3 Å². The predicted molar refractivity (Wildman–Crippen MR) is 121 cm³/mol. The van der Waals surface area contributed by atoms with Gasteiger partial charge in [0.1, 0.15) is 6.61 Å². The van der Waals surface area contributed by atoms with Crippen molar-refractivity contribution in [2.24, 2.45) is 0 Å². The van der Waals surface area contributed by atoms with Crippen molar-refractivity contribution in [2.45, 2.75) is 19.6 Å². The molecule has 0 spiro atoms. The molecule has 4 aromatic rings. The highest BCUT2D eigenvalue weighted by Gasteiger charge is 2.11. The zero-order valence-electron chi connectivity index (χ0n) is 17.2. The van der Waals surface area contributed by atoms with Gasteiger partial charge in [0.25, 0.3) is 5.56 Å². The van der Waals surface area contributed by atoms with E-state index in [9.17, 15) is 14.4 Å². The van der Waals surface area contributed by atoms with Gasteiger partial charge in [0.2, 0.25) is 5.91 Å². The smallest absolute Gasteiger partial charge is 0.338 e. The SMILES string of the molecule is O=C(CCn1cnc2ccccc2c1=O)Nc1cccc(C(=O)OCc2ccccc2)c1. The molecule has 160 valence electrons. The van der Waals surface area contributed by atoms with Gasteiger partial charge >= 0.3 is 5.97 Å². The Morgan fingerprint density at radius 3 is 2.56 bits per heavy atom. The second-order valence-corrected chi connectivity index (χ2v) is 7.20.